The number of Topliss-reactive ketones (excluding diaryl/α,β-unsaturated/α-hetero) is 2. The summed E-state index contributed by atoms with van der Waals surface area (Å²) < 4.78 is 0. The Balaban J connectivity index is 1.37. The summed E-state index contributed by atoms with van der Waals surface area (Å²) in [6, 6.07) is -3.02. The maximum absolute atomic E-state index is 14.7. The van der Waals surface area contributed by atoms with Crippen molar-refractivity contribution in [3.63, 3.8) is 0 Å². The zero-order valence-electron chi connectivity index (χ0n) is 31.0. The van der Waals surface area contributed by atoms with Crippen molar-refractivity contribution < 1.29 is 33.6 Å². The Labute approximate surface area is 300 Å². The number of carbonyl (C=O) groups is 7. The normalized spacial score (nSPS) is 23.4. The first-order valence-corrected chi connectivity index (χ1v) is 18.8. The van der Waals surface area contributed by atoms with E-state index >= 15 is 0 Å². The number of hydrogen-bond acceptors (Lipinski definition) is 7. The van der Waals surface area contributed by atoms with Crippen LogP contribution in [0, 0.1) is 31.1 Å². The molecule has 2 heterocycles. The molecule has 0 radical (unpaired) electrons. The summed E-state index contributed by atoms with van der Waals surface area (Å²) >= 11 is 0. The van der Waals surface area contributed by atoms with Crippen molar-refractivity contribution in [1.82, 2.24) is 31.2 Å². The molecule has 1 aromatic rings. The Morgan fingerprint density at radius 3 is 2.14 bits per heavy atom. The van der Waals surface area contributed by atoms with Crippen LogP contribution in [0.15, 0.2) is 0 Å². The Morgan fingerprint density at radius 2 is 1.51 bits per heavy atom. The first kappa shape index (κ1) is 38.2. The van der Waals surface area contributed by atoms with Crippen LogP contribution >= 0.6 is 0 Å². The fourth-order valence-corrected chi connectivity index (χ4v) is 8.31. The summed E-state index contributed by atoms with van der Waals surface area (Å²) in [4.78, 5) is 98.4. The van der Waals surface area contributed by atoms with E-state index in [-0.39, 0.29) is 41.3 Å². The monoisotopic (exact) mass is 708 g/mol. The second-order valence-electron chi connectivity index (χ2n) is 16.3. The molecule has 51 heavy (non-hydrogen) atoms. The van der Waals surface area contributed by atoms with Crippen LogP contribution in [0.5, 0.6) is 0 Å². The van der Waals surface area contributed by atoms with Crippen molar-refractivity contribution in [1.29, 1.82) is 0 Å². The Morgan fingerprint density at radius 1 is 0.863 bits per heavy atom. The van der Waals surface area contributed by atoms with Gasteiger partial charge in [-0.25, -0.2) is 0 Å². The number of fused-ring (bicyclic) bond motifs is 1. The van der Waals surface area contributed by atoms with Crippen molar-refractivity contribution in [2.45, 2.75) is 149 Å². The third-order valence-corrected chi connectivity index (χ3v) is 11.4. The largest absolute Gasteiger partial charge is 0.354 e. The minimum Gasteiger partial charge on any atom is -0.354 e. The van der Waals surface area contributed by atoms with Gasteiger partial charge in [-0.2, -0.15) is 0 Å². The third-order valence-electron chi connectivity index (χ3n) is 11.4. The number of H-pyrrole nitrogens is 1. The minimum absolute atomic E-state index is 0.0127. The molecule has 1 saturated heterocycles. The standard InChI is InChI=1S/C38H56N6O7/c1-20-21(2)40-31(29(20)22(3)45)36(50)42-30(23-12-8-7-9-13-23)35(49)43-32(38(4,5)6)37(51)44-26-15-11-10-14-24(26)18-27(44)33(47)39-19-28(46)34(48)41-25-16-17-25/h23-27,30,32,40H,7-19H2,1-6H3,(H,39,47)(H,41,48)(H,42,50)(H,43,49)/t24?,26?,27-,30?,32+/m0/s1. The molecule has 3 aliphatic carbocycles. The SMILES string of the molecule is CC(=O)c1c(C(=O)NC(C(=O)N[C@H](C(=O)N2C3CCCCC3C[C@H]2C(=O)NCC(=O)C(=O)NC2CC2)C(C)(C)C)C2CCCCC2)[nH]c(C)c1C. The van der Waals surface area contributed by atoms with Gasteiger partial charge in [-0.1, -0.05) is 52.9 Å². The predicted octanol–water partition coefficient (Wildman–Crippen LogP) is 3.17. The lowest BCUT2D eigenvalue weighted by Gasteiger charge is -2.40. The van der Waals surface area contributed by atoms with Gasteiger partial charge in [0.1, 0.15) is 23.8 Å². The lowest BCUT2D eigenvalue weighted by Crippen LogP contribution is -2.62. The molecule has 0 bridgehead atoms. The zero-order chi connectivity index (χ0) is 37.2. The van der Waals surface area contributed by atoms with Gasteiger partial charge in [0.05, 0.1) is 12.1 Å². The van der Waals surface area contributed by atoms with Gasteiger partial charge in [0.15, 0.2) is 5.78 Å². The van der Waals surface area contributed by atoms with E-state index in [1.54, 1.807) is 18.7 Å². The number of rotatable bonds is 12. The molecule has 1 aliphatic heterocycles. The number of aromatic nitrogens is 1. The number of nitrogens with zero attached hydrogens (tertiary/aromatic N) is 1. The highest BCUT2D eigenvalue weighted by molar-refractivity contribution is 6.37. The highest BCUT2D eigenvalue weighted by atomic mass is 16.2. The quantitative estimate of drug-likeness (QED) is 0.163. The van der Waals surface area contributed by atoms with Crippen LogP contribution in [-0.2, 0) is 24.0 Å². The second kappa shape index (κ2) is 15.7. The Kier molecular flexibility index (Phi) is 11.8. The van der Waals surface area contributed by atoms with Gasteiger partial charge in [-0.05, 0) is 88.5 Å². The van der Waals surface area contributed by atoms with Crippen LogP contribution in [0.25, 0.3) is 0 Å². The van der Waals surface area contributed by atoms with Gasteiger partial charge in [0, 0.05) is 17.8 Å². The van der Waals surface area contributed by atoms with Crippen molar-refractivity contribution in [2.24, 2.45) is 17.3 Å². The number of hydrogen-bond donors (Lipinski definition) is 5. The molecule has 0 aromatic carbocycles. The van der Waals surface area contributed by atoms with E-state index in [0.29, 0.717) is 23.2 Å². The molecule has 13 heteroatoms. The maximum atomic E-state index is 14.7. The van der Waals surface area contributed by atoms with Crippen LogP contribution in [-0.4, -0.2) is 87.7 Å². The molecule has 0 spiro atoms. The van der Waals surface area contributed by atoms with Crippen LogP contribution in [0.4, 0.5) is 0 Å². The lowest BCUT2D eigenvalue weighted by molar-refractivity contribution is -0.147. The number of likely N-dealkylation sites (tertiary alicyclic amines) is 1. The molecule has 4 aliphatic rings. The van der Waals surface area contributed by atoms with E-state index < -0.39 is 59.5 Å². The lowest BCUT2D eigenvalue weighted by atomic mass is 9.81. The zero-order valence-corrected chi connectivity index (χ0v) is 31.0. The van der Waals surface area contributed by atoms with Crippen LogP contribution in [0.3, 0.4) is 0 Å². The fourth-order valence-electron chi connectivity index (χ4n) is 8.31. The molecule has 3 saturated carbocycles. The van der Waals surface area contributed by atoms with Gasteiger partial charge in [-0.3, -0.25) is 33.6 Å². The summed E-state index contributed by atoms with van der Waals surface area (Å²) in [6.07, 6.45) is 9.88. The van der Waals surface area contributed by atoms with Gasteiger partial charge < -0.3 is 31.2 Å². The molecule has 5 N–H and O–H groups in total. The summed E-state index contributed by atoms with van der Waals surface area (Å²) in [6.45, 7) is 10.1. The van der Waals surface area contributed by atoms with E-state index in [0.717, 1.165) is 70.6 Å². The number of aryl methyl sites for hydroxylation is 1. The highest BCUT2D eigenvalue weighted by Gasteiger charge is 2.51. The molecule has 5 atom stereocenters. The molecule has 4 fully saturated rings. The van der Waals surface area contributed by atoms with Gasteiger partial charge >= 0.3 is 0 Å². The number of ketones is 2. The average molecular weight is 709 g/mol. The predicted molar refractivity (Wildman–Crippen MR) is 190 cm³/mol. The van der Waals surface area contributed by atoms with Gasteiger partial charge in [-0.15, -0.1) is 0 Å². The summed E-state index contributed by atoms with van der Waals surface area (Å²) in [5.74, 6) is -3.70. The van der Waals surface area contributed by atoms with E-state index in [2.05, 4.69) is 26.3 Å². The van der Waals surface area contributed by atoms with Crippen molar-refractivity contribution >= 4 is 41.1 Å². The van der Waals surface area contributed by atoms with Crippen molar-refractivity contribution in [3.8, 4) is 0 Å². The summed E-state index contributed by atoms with van der Waals surface area (Å²) in [7, 11) is 0. The highest BCUT2D eigenvalue weighted by Crippen LogP contribution is 2.41. The Bertz CT molecular complexity index is 1550. The fraction of sp³-hybridized carbons (Fsp3) is 0.711. The minimum atomic E-state index is -1.03. The van der Waals surface area contributed by atoms with Crippen molar-refractivity contribution in [3.05, 3.63) is 22.5 Å². The van der Waals surface area contributed by atoms with Gasteiger partial charge in [0.25, 0.3) is 11.8 Å². The second-order valence-corrected chi connectivity index (χ2v) is 16.3. The molecule has 280 valence electrons. The molecule has 13 nitrogen and oxygen atoms in total. The topological polar surface area (TPSA) is 187 Å². The molecule has 1 aromatic heterocycles. The molecular formula is C38H56N6O7. The average Bonchev–Trinajstić information content (AvgIpc) is 3.73. The first-order valence-electron chi connectivity index (χ1n) is 18.8. The first-order chi connectivity index (χ1) is 24.1. The summed E-state index contributed by atoms with van der Waals surface area (Å²) in [5.41, 5.74) is 1.02. The molecule has 5 amide bonds. The number of nitrogens with one attached hydrogen (secondary N) is 5. The van der Waals surface area contributed by atoms with Gasteiger partial charge in [0.2, 0.25) is 23.5 Å². The van der Waals surface area contributed by atoms with E-state index in [4.69, 9.17) is 0 Å². The van der Waals surface area contributed by atoms with E-state index in [9.17, 15) is 33.6 Å². The Hall–Kier alpha value is -4.03. The van der Waals surface area contributed by atoms with Crippen LogP contribution in [0.1, 0.15) is 137 Å². The number of carbonyl (C=O) groups excluding carboxylic acids is 7. The maximum Gasteiger partial charge on any atom is 0.289 e. The van der Waals surface area contributed by atoms with Crippen LogP contribution in [0.2, 0.25) is 0 Å². The molecule has 5 rings (SSSR count). The smallest absolute Gasteiger partial charge is 0.289 e. The molecular weight excluding hydrogens is 652 g/mol. The van der Waals surface area contributed by atoms with E-state index in [1.807, 2.05) is 20.8 Å². The number of aromatic amines is 1. The number of amides is 5. The van der Waals surface area contributed by atoms with Crippen molar-refractivity contribution in [2.75, 3.05) is 6.54 Å². The van der Waals surface area contributed by atoms with E-state index in [1.165, 1.54) is 6.92 Å². The third kappa shape index (κ3) is 8.72. The van der Waals surface area contributed by atoms with Crippen LogP contribution < -0.4 is 21.3 Å². The molecule has 3 unspecified atom stereocenters. The summed E-state index contributed by atoms with van der Waals surface area (Å²) in [5, 5.41) is 11.2.